The van der Waals surface area contributed by atoms with Crippen molar-refractivity contribution in [1.82, 2.24) is 9.88 Å². The maximum Gasteiger partial charge on any atom is 0.0486 e. The van der Waals surface area contributed by atoms with E-state index in [1.54, 1.807) is 7.11 Å². The van der Waals surface area contributed by atoms with E-state index in [9.17, 15) is 0 Å². The minimum atomic E-state index is 0.814. The molecule has 2 aromatic rings. The van der Waals surface area contributed by atoms with Crippen LogP contribution in [0.1, 0.15) is 18.4 Å². The van der Waals surface area contributed by atoms with Gasteiger partial charge in [-0.15, -0.1) is 0 Å². The third-order valence-corrected chi connectivity index (χ3v) is 3.95. The van der Waals surface area contributed by atoms with Crippen LogP contribution >= 0.6 is 0 Å². The van der Waals surface area contributed by atoms with Crippen LogP contribution in [0.5, 0.6) is 0 Å². The number of hydrogen-bond acceptors (Lipinski definition) is 2. The predicted octanol–water partition coefficient (Wildman–Crippen LogP) is 3.05. The first-order valence-corrected chi connectivity index (χ1v) is 7.37. The van der Waals surface area contributed by atoms with Gasteiger partial charge in [0.05, 0.1) is 0 Å². The van der Waals surface area contributed by atoms with Crippen molar-refractivity contribution in [2.75, 3.05) is 26.8 Å². The number of ether oxygens (including phenoxy) is 1. The van der Waals surface area contributed by atoms with E-state index in [1.165, 1.54) is 22.0 Å². The third kappa shape index (κ3) is 2.65. The second kappa shape index (κ2) is 6.25. The van der Waals surface area contributed by atoms with Crippen LogP contribution in [0.25, 0.3) is 16.5 Å². The van der Waals surface area contributed by atoms with Crippen molar-refractivity contribution in [3.8, 4) is 0 Å². The first-order chi connectivity index (χ1) is 9.90. The Morgan fingerprint density at radius 3 is 3.00 bits per heavy atom. The molecule has 3 nitrogen and oxygen atoms in total. The Bertz CT molecular complexity index is 612. The average molecular weight is 270 g/mol. The Kier molecular flexibility index (Phi) is 4.19. The standard InChI is InChI=1S/C17H22N2O/c1-20-12-4-11-19-13-16(14-7-9-18-10-8-14)15-5-2-3-6-17(15)19/h2-3,5-7,13,18H,4,8-12H2,1H3. The lowest BCUT2D eigenvalue weighted by Crippen LogP contribution is -2.19. The van der Waals surface area contributed by atoms with Gasteiger partial charge in [-0.1, -0.05) is 24.3 Å². The van der Waals surface area contributed by atoms with Gasteiger partial charge in [0.25, 0.3) is 0 Å². The second-order valence-electron chi connectivity index (χ2n) is 5.28. The predicted molar refractivity (Wildman–Crippen MR) is 83.9 cm³/mol. The fourth-order valence-electron chi connectivity index (χ4n) is 2.93. The minimum Gasteiger partial charge on any atom is -0.385 e. The largest absolute Gasteiger partial charge is 0.385 e. The number of nitrogens with zero attached hydrogens (tertiary/aromatic N) is 1. The number of fused-ring (bicyclic) bond motifs is 1. The summed E-state index contributed by atoms with van der Waals surface area (Å²) in [5.74, 6) is 0. The fraction of sp³-hybridized carbons (Fsp3) is 0.412. The molecule has 106 valence electrons. The van der Waals surface area contributed by atoms with Crippen LogP contribution in [-0.4, -0.2) is 31.4 Å². The smallest absolute Gasteiger partial charge is 0.0486 e. The van der Waals surface area contributed by atoms with Crippen molar-refractivity contribution < 1.29 is 4.74 Å². The van der Waals surface area contributed by atoms with Crippen LogP contribution in [0.15, 0.2) is 36.5 Å². The van der Waals surface area contributed by atoms with Crippen molar-refractivity contribution in [3.63, 3.8) is 0 Å². The molecule has 1 N–H and O–H groups in total. The molecular weight excluding hydrogens is 248 g/mol. The van der Waals surface area contributed by atoms with Crippen molar-refractivity contribution in [1.29, 1.82) is 0 Å². The van der Waals surface area contributed by atoms with Crippen molar-refractivity contribution in [2.45, 2.75) is 19.4 Å². The Morgan fingerprint density at radius 2 is 2.20 bits per heavy atom. The Morgan fingerprint density at radius 1 is 1.30 bits per heavy atom. The van der Waals surface area contributed by atoms with Crippen LogP contribution in [0, 0.1) is 0 Å². The van der Waals surface area contributed by atoms with Crippen molar-refractivity contribution in [3.05, 3.63) is 42.1 Å². The van der Waals surface area contributed by atoms with Crippen LogP contribution < -0.4 is 5.32 Å². The lowest BCUT2D eigenvalue weighted by atomic mass is 10.00. The zero-order valence-corrected chi connectivity index (χ0v) is 12.1. The Balaban J connectivity index is 1.97. The molecule has 20 heavy (non-hydrogen) atoms. The van der Waals surface area contributed by atoms with Gasteiger partial charge in [0.15, 0.2) is 0 Å². The molecule has 0 saturated carbocycles. The molecule has 2 heterocycles. The number of aryl methyl sites for hydroxylation is 1. The summed E-state index contributed by atoms with van der Waals surface area (Å²) < 4.78 is 7.53. The summed E-state index contributed by atoms with van der Waals surface area (Å²) >= 11 is 0. The quantitative estimate of drug-likeness (QED) is 0.845. The van der Waals surface area contributed by atoms with Crippen LogP contribution in [-0.2, 0) is 11.3 Å². The highest BCUT2D eigenvalue weighted by Crippen LogP contribution is 2.29. The topological polar surface area (TPSA) is 26.2 Å². The van der Waals surface area contributed by atoms with E-state index in [4.69, 9.17) is 4.74 Å². The van der Waals surface area contributed by atoms with E-state index in [-0.39, 0.29) is 0 Å². The molecule has 1 aromatic heterocycles. The summed E-state index contributed by atoms with van der Waals surface area (Å²) in [6.07, 6.45) is 6.81. The van der Waals surface area contributed by atoms with Gasteiger partial charge in [0, 0.05) is 49.5 Å². The fourth-order valence-corrected chi connectivity index (χ4v) is 2.93. The van der Waals surface area contributed by atoms with E-state index in [0.717, 1.165) is 39.1 Å². The van der Waals surface area contributed by atoms with Gasteiger partial charge in [-0.3, -0.25) is 0 Å². The molecule has 1 aliphatic rings. The summed E-state index contributed by atoms with van der Waals surface area (Å²) in [5, 5.41) is 4.75. The normalized spacial score (nSPS) is 15.6. The van der Waals surface area contributed by atoms with Crippen molar-refractivity contribution >= 4 is 16.5 Å². The number of benzene rings is 1. The molecule has 0 bridgehead atoms. The van der Waals surface area contributed by atoms with Gasteiger partial charge in [0.1, 0.15) is 0 Å². The van der Waals surface area contributed by atoms with Gasteiger partial charge in [0.2, 0.25) is 0 Å². The van der Waals surface area contributed by atoms with Crippen LogP contribution in [0.3, 0.4) is 0 Å². The molecule has 0 amide bonds. The number of hydrogen-bond donors (Lipinski definition) is 1. The molecule has 0 aliphatic carbocycles. The molecule has 0 atom stereocenters. The highest BCUT2D eigenvalue weighted by molar-refractivity contribution is 5.93. The molecule has 0 spiro atoms. The van der Waals surface area contributed by atoms with Crippen LogP contribution in [0.2, 0.25) is 0 Å². The van der Waals surface area contributed by atoms with E-state index < -0.39 is 0 Å². The summed E-state index contributed by atoms with van der Waals surface area (Å²) in [6, 6.07) is 8.70. The Labute approximate surface area is 120 Å². The maximum absolute atomic E-state index is 5.17. The molecule has 0 radical (unpaired) electrons. The van der Waals surface area contributed by atoms with Gasteiger partial charge in [-0.25, -0.2) is 0 Å². The molecule has 3 heteroatoms. The summed E-state index contributed by atoms with van der Waals surface area (Å²) in [6.45, 7) is 3.89. The Hall–Kier alpha value is -1.58. The SMILES string of the molecule is COCCCn1cc(C2=CCNCC2)c2ccccc21. The monoisotopic (exact) mass is 270 g/mol. The first kappa shape index (κ1) is 13.4. The van der Waals surface area contributed by atoms with Gasteiger partial charge >= 0.3 is 0 Å². The zero-order valence-electron chi connectivity index (χ0n) is 12.1. The summed E-state index contributed by atoms with van der Waals surface area (Å²) in [5.41, 5.74) is 4.21. The lowest BCUT2D eigenvalue weighted by molar-refractivity contribution is 0.190. The maximum atomic E-state index is 5.17. The highest BCUT2D eigenvalue weighted by Gasteiger charge is 2.13. The molecule has 3 rings (SSSR count). The van der Waals surface area contributed by atoms with E-state index in [0.29, 0.717) is 0 Å². The molecule has 1 aliphatic heterocycles. The average Bonchev–Trinajstić information content (AvgIpc) is 2.88. The second-order valence-corrected chi connectivity index (χ2v) is 5.28. The minimum absolute atomic E-state index is 0.814. The number of rotatable bonds is 5. The third-order valence-electron chi connectivity index (χ3n) is 3.95. The molecule has 0 saturated heterocycles. The molecule has 1 aromatic carbocycles. The first-order valence-electron chi connectivity index (χ1n) is 7.37. The number of aromatic nitrogens is 1. The molecular formula is C17H22N2O. The van der Waals surface area contributed by atoms with E-state index in [2.05, 4.69) is 46.4 Å². The lowest BCUT2D eigenvalue weighted by Gasteiger charge is -2.13. The van der Waals surface area contributed by atoms with Gasteiger partial charge in [-0.05, 0) is 31.0 Å². The zero-order chi connectivity index (χ0) is 13.8. The van der Waals surface area contributed by atoms with Gasteiger partial charge in [-0.2, -0.15) is 0 Å². The summed E-state index contributed by atoms with van der Waals surface area (Å²) in [4.78, 5) is 0. The van der Waals surface area contributed by atoms with Crippen molar-refractivity contribution in [2.24, 2.45) is 0 Å². The number of nitrogens with one attached hydrogen (secondary N) is 1. The number of para-hydroxylation sites is 1. The molecule has 0 fully saturated rings. The van der Waals surface area contributed by atoms with Gasteiger partial charge < -0.3 is 14.6 Å². The molecule has 0 unspecified atom stereocenters. The number of methoxy groups -OCH3 is 1. The van der Waals surface area contributed by atoms with E-state index >= 15 is 0 Å². The van der Waals surface area contributed by atoms with E-state index in [1.807, 2.05) is 0 Å². The van der Waals surface area contributed by atoms with Crippen LogP contribution in [0.4, 0.5) is 0 Å². The summed E-state index contributed by atoms with van der Waals surface area (Å²) in [7, 11) is 1.76. The highest BCUT2D eigenvalue weighted by atomic mass is 16.5.